The summed E-state index contributed by atoms with van der Waals surface area (Å²) in [6, 6.07) is 1.55. The van der Waals surface area contributed by atoms with Crippen molar-refractivity contribution in [2.45, 2.75) is 32.4 Å². The Labute approximate surface area is 148 Å². The molecule has 2 atom stereocenters. The van der Waals surface area contributed by atoms with Gasteiger partial charge in [0.1, 0.15) is 17.4 Å². The number of carbonyl (C=O) groups excluding carboxylic acids is 1. The van der Waals surface area contributed by atoms with Crippen molar-refractivity contribution in [2.24, 2.45) is 0 Å². The summed E-state index contributed by atoms with van der Waals surface area (Å²) in [5, 5.41) is 7.69. The van der Waals surface area contributed by atoms with E-state index in [1.54, 1.807) is 13.8 Å². The molecular weight excluding hydrogens is 348 g/mol. The molecule has 0 aliphatic carbocycles. The zero-order valence-corrected chi connectivity index (χ0v) is 14.7. The molecule has 1 fully saturated rings. The van der Waals surface area contributed by atoms with Gasteiger partial charge in [0.15, 0.2) is 11.6 Å². The maximum atomic E-state index is 14.6. The van der Waals surface area contributed by atoms with Crippen LogP contribution in [0, 0.1) is 18.6 Å². The van der Waals surface area contributed by atoms with Crippen molar-refractivity contribution in [1.29, 1.82) is 0 Å². The first-order chi connectivity index (χ1) is 12.5. The quantitative estimate of drug-likeness (QED) is 0.809. The van der Waals surface area contributed by atoms with Gasteiger partial charge in [-0.3, -0.25) is 4.79 Å². The third-order valence-corrected chi connectivity index (χ3v) is 4.25. The van der Waals surface area contributed by atoms with Gasteiger partial charge in [0, 0.05) is 27.0 Å². The van der Waals surface area contributed by atoms with E-state index in [0.717, 1.165) is 12.1 Å². The fourth-order valence-electron chi connectivity index (χ4n) is 3.01. The van der Waals surface area contributed by atoms with Gasteiger partial charge in [-0.25, -0.2) is 8.78 Å². The fourth-order valence-corrected chi connectivity index (χ4v) is 3.01. The molecule has 7 nitrogen and oxygen atoms in total. The van der Waals surface area contributed by atoms with E-state index in [0.29, 0.717) is 12.3 Å². The van der Waals surface area contributed by atoms with Gasteiger partial charge in [0.2, 0.25) is 11.8 Å². The lowest BCUT2D eigenvalue weighted by molar-refractivity contribution is 0.0663. The second-order valence-electron chi connectivity index (χ2n) is 5.89. The van der Waals surface area contributed by atoms with Crippen molar-refractivity contribution >= 4 is 5.91 Å². The highest BCUT2D eigenvalue weighted by molar-refractivity contribution is 5.95. The molecule has 1 aliphatic heterocycles. The van der Waals surface area contributed by atoms with Gasteiger partial charge < -0.3 is 18.8 Å². The number of hydrogen-bond acceptors (Lipinski definition) is 6. The lowest BCUT2D eigenvalue weighted by Crippen LogP contribution is -2.33. The largest absolute Gasteiger partial charge is 0.491 e. The number of ether oxygens (including phenoxy) is 2. The molecule has 140 valence electrons. The summed E-state index contributed by atoms with van der Waals surface area (Å²) in [4.78, 5) is 14.2. The van der Waals surface area contributed by atoms with E-state index in [4.69, 9.17) is 13.9 Å². The topological polar surface area (TPSA) is 77.7 Å². The molecular formula is C17H19F2N3O4. The van der Waals surface area contributed by atoms with Gasteiger partial charge in [0.05, 0.1) is 12.7 Å². The average Bonchev–Trinajstić information content (AvgIpc) is 3.23. The van der Waals surface area contributed by atoms with Crippen molar-refractivity contribution in [3.63, 3.8) is 0 Å². The van der Waals surface area contributed by atoms with E-state index in [9.17, 15) is 13.6 Å². The number of methoxy groups -OCH3 is 1. The van der Waals surface area contributed by atoms with Crippen LogP contribution in [0.5, 0.6) is 5.75 Å². The van der Waals surface area contributed by atoms with Crippen molar-refractivity contribution < 1.29 is 27.5 Å². The molecule has 1 saturated heterocycles. The molecule has 0 N–H and O–H groups in total. The minimum Gasteiger partial charge on any atom is -0.491 e. The molecule has 2 aromatic rings. The zero-order valence-electron chi connectivity index (χ0n) is 14.7. The molecule has 1 aromatic heterocycles. The van der Waals surface area contributed by atoms with E-state index in [2.05, 4.69) is 10.2 Å². The number of aryl methyl sites for hydroxylation is 1. The van der Waals surface area contributed by atoms with Crippen LogP contribution in [-0.4, -0.2) is 47.4 Å². The molecule has 1 amide bonds. The van der Waals surface area contributed by atoms with Crippen LogP contribution in [0.2, 0.25) is 0 Å². The van der Waals surface area contributed by atoms with Crippen molar-refractivity contribution in [2.75, 3.05) is 20.3 Å². The molecule has 3 rings (SSSR count). The number of amides is 1. The first-order valence-corrected chi connectivity index (χ1v) is 8.20. The van der Waals surface area contributed by atoms with Crippen LogP contribution < -0.4 is 4.74 Å². The van der Waals surface area contributed by atoms with Gasteiger partial charge in [-0.05, 0) is 19.1 Å². The van der Waals surface area contributed by atoms with Crippen LogP contribution >= 0.6 is 0 Å². The highest BCUT2D eigenvalue weighted by atomic mass is 19.1. The third-order valence-electron chi connectivity index (χ3n) is 4.25. The van der Waals surface area contributed by atoms with E-state index in [1.165, 1.54) is 12.0 Å². The second kappa shape index (κ2) is 7.36. The van der Waals surface area contributed by atoms with Crippen molar-refractivity contribution in [3.05, 3.63) is 41.1 Å². The van der Waals surface area contributed by atoms with E-state index < -0.39 is 29.1 Å². The Hall–Kier alpha value is -2.55. The third kappa shape index (κ3) is 3.26. The number of carbonyl (C=O) groups is 1. The molecule has 0 bridgehead atoms. The minimum absolute atomic E-state index is 0.152. The number of halogens is 2. The van der Waals surface area contributed by atoms with Crippen LogP contribution in [-0.2, 0) is 4.74 Å². The average molecular weight is 367 g/mol. The lowest BCUT2D eigenvalue weighted by atomic mass is 10.1. The first-order valence-electron chi connectivity index (χ1n) is 8.20. The van der Waals surface area contributed by atoms with Crippen LogP contribution in [0.15, 0.2) is 16.5 Å². The van der Waals surface area contributed by atoms with Gasteiger partial charge in [-0.1, -0.05) is 0 Å². The van der Waals surface area contributed by atoms with Crippen LogP contribution in [0.1, 0.15) is 41.5 Å². The van der Waals surface area contributed by atoms with Crippen LogP contribution in [0.3, 0.4) is 0 Å². The van der Waals surface area contributed by atoms with Gasteiger partial charge in [-0.15, -0.1) is 10.2 Å². The highest BCUT2D eigenvalue weighted by Gasteiger charge is 2.41. The molecule has 0 unspecified atom stereocenters. The smallest absolute Gasteiger partial charge is 0.260 e. The molecule has 1 aromatic carbocycles. The molecule has 0 spiro atoms. The summed E-state index contributed by atoms with van der Waals surface area (Å²) in [7, 11) is 1.51. The maximum absolute atomic E-state index is 14.6. The monoisotopic (exact) mass is 367 g/mol. The Kier molecular flexibility index (Phi) is 5.17. The van der Waals surface area contributed by atoms with Crippen LogP contribution in [0.25, 0.3) is 0 Å². The summed E-state index contributed by atoms with van der Waals surface area (Å²) in [6.07, 6.45) is 0.0792. The normalized spacial score (nSPS) is 19.8. The molecule has 0 saturated carbocycles. The molecule has 9 heteroatoms. The van der Waals surface area contributed by atoms with E-state index in [1.807, 2.05) is 0 Å². The predicted octanol–water partition coefficient (Wildman–Crippen LogP) is 2.66. The number of hydrogen-bond donors (Lipinski definition) is 0. The number of aromatic nitrogens is 2. The summed E-state index contributed by atoms with van der Waals surface area (Å²) in [6.45, 7) is 3.63. The Morgan fingerprint density at radius 2 is 2.15 bits per heavy atom. The Morgan fingerprint density at radius 1 is 1.38 bits per heavy atom. The second-order valence-corrected chi connectivity index (χ2v) is 5.89. The van der Waals surface area contributed by atoms with E-state index >= 15 is 0 Å². The Bertz CT molecular complexity index is 811. The number of benzene rings is 1. The standard InChI is InChI=1S/C17H19F2N3O4/c1-4-25-13-6-5-11(18)14(15(13)19)17(23)22-8-10(24-3)7-12(22)16-21-20-9(2)26-16/h5-6,10,12H,4,7-8H2,1-3H3/t10-,12+/m0/s1. The van der Waals surface area contributed by atoms with Crippen molar-refractivity contribution in [3.8, 4) is 5.75 Å². The fraction of sp³-hybridized carbons (Fsp3) is 0.471. The number of likely N-dealkylation sites (tertiary alicyclic amines) is 1. The lowest BCUT2D eigenvalue weighted by Gasteiger charge is -2.22. The molecule has 2 heterocycles. The summed E-state index contributed by atoms with van der Waals surface area (Å²) < 4.78 is 44.8. The Balaban J connectivity index is 1.98. The van der Waals surface area contributed by atoms with E-state index in [-0.39, 0.29) is 30.9 Å². The molecule has 1 aliphatic rings. The maximum Gasteiger partial charge on any atom is 0.260 e. The summed E-state index contributed by atoms with van der Waals surface area (Å²) in [5.74, 6) is -2.44. The SMILES string of the molecule is CCOc1ccc(F)c(C(=O)N2C[C@@H](OC)C[C@@H]2c2nnc(C)o2)c1F. The minimum atomic E-state index is -1.03. The van der Waals surface area contributed by atoms with Gasteiger partial charge >= 0.3 is 0 Å². The Morgan fingerprint density at radius 3 is 2.77 bits per heavy atom. The number of nitrogens with zero attached hydrogens (tertiary/aromatic N) is 3. The highest BCUT2D eigenvalue weighted by Crippen LogP contribution is 2.35. The molecule has 26 heavy (non-hydrogen) atoms. The zero-order chi connectivity index (χ0) is 18.8. The van der Waals surface area contributed by atoms with Crippen LogP contribution in [0.4, 0.5) is 8.78 Å². The van der Waals surface area contributed by atoms with Gasteiger partial charge in [-0.2, -0.15) is 0 Å². The van der Waals surface area contributed by atoms with Crippen molar-refractivity contribution in [1.82, 2.24) is 15.1 Å². The summed E-state index contributed by atoms with van der Waals surface area (Å²) in [5.41, 5.74) is -0.672. The predicted molar refractivity (Wildman–Crippen MR) is 85.8 cm³/mol. The molecule has 0 radical (unpaired) electrons. The van der Waals surface area contributed by atoms with Gasteiger partial charge in [0.25, 0.3) is 5.91 Å². The summed E-state index contributed by atoms with van der Waals surface area (Å²) >= 11 is 0. The first kappa shape index (κ1) is 18.2. The number of rotatable bonds is 5.